The summed E-state index contributed by atoms with van der Waals surface area (Å²) in [6, 6.07) is 12.4. The van der Waals surface area contributed by atoms with E-state index in [1.54, 1.807) is 12.0 Å². The van der Waals surface area contributed by atoms with E-state index in [-0.39, 0.29) is 31.3 Å². The maximum Gasteiger partial charge on any atom is 0.242 e. The van der Waals surface area contributed by atoms with Crippen molar-refractivity contribution in [1.82, 2.24) is 10.2 Å². The van der Waals surface area contributed by atoms with Crippen LogP contribution < -0.4 is 14.4 Å². The van der Waals surface area contributed by atoms with Crippen molar-refractivity contribution in [3.63, 3.8) is 0 Å². The molecule has 0 saturated carbocycles. The number of nitrogens with one attached hydrogen (secondary N) is 1. The van der Waals surface area contributed by atoms with E-state index in [4.69, 9.17) is 4.74 Å². The van der Waals surface area contributed by atoms with Gasteiger partial charge in [0.2, 0.25) is 21.8 Å². The standard InChI is InChI=1S/C27H39N3O5S/c1-7-24(27(32)28-8-2)29(19-22-11-9-12-23(18-22)35-5)26(31)13-10-16-30(36(6,33)34)25-17-20(3)14-15-21(25)4/h9,11-12,14-15,17-18,24H,7-8,10,13,16,19H2,1-6H3,(H,28,32)/t24-/m1/s1. The summed E-state index contributed by atoms with van der Waals surface area (Å²) in [7, 11) is -1.96. The summed E-state index contributed by atoms with van der Waals surface area (Å²) in [6.45, 7) is 8.37. The Morgan fingerprint density at radius 1 is 1.08 bits per heavy atom. The first-order valence-electron chi connectivity index (χ1n) is 12.3. The predicted octanol–water partition coefficient (Wildman–Crippen LogP) is 3.80. The van der Waals surface area contributed by atoms with E-state index in [9.17, 15) is 18.0 Å². The molecule has 1 atom stereocenters. The Hall–Kier alpha value is -3.07. The Bertz CT molecular complexity index is 1150. The van der Waals surface area contributed by atoms with E-state index in [0.29, 0.717) is 30.8 Å². The van der Waals surface area contributed by atoms with Crippen LogP contribution >= 0.6 is 0 Å². The van der Waals surface area contributed by atoms with Gasteiger partial charge in [0.15, 0.2) is 0 Å². The van der Waals surface area contributed by atoms with Gasteiger partial charge >= 0.3 is 0 Å². The van der Waals surface area contributed by atoms with E-state index in [1.165, 1.54) is 10.6 Å². The van der Waals surface area contributed by atoms with Crippen LogP contribution in [-0.2, 0) is 26.2 Å². The molecule has 0 fully saturated rings. The lowest BCUT2D eigenvalue weighted by Gasteiger charge is -2.31. The highest BCUT2D eigenvalue weighted by Gasteiger charge is 2.28. The number of rotatable bonds is 13. The minimum Gasteiger partial charge on any atom is -0.497 e. The van der Waals surface area contributed by atoms with Crippen LogP contribution in [-0.4, -0.2) is 57.6 Å². The molecule has 0 aliphatic rings. The number of methoxy groups -OCH3 is 1. The summed E-state index contributed by atoms with van der Waals surface area (Å²) in [5, 5.41) is 2.82. The van der Waals surface area contributed by atoms with Crippen LogP contribution in [0.25, 0.3) is 0 Å². The second kappa shape index (κ2) is 13.3. The van der Waals surface area contributed by atoms with Crippen molar-refractivity contribution in [1.29, 1.82) is 0 Å². The van der Waals surface area contributed by atoms with Gasteiger partial charge in [0.25, 0.3) is 0 Å². The Kier molecular flexibility index (Phi) is 10.8. The summed E-state index contributed by atoms with van der Waals surface area (Å²) in [4.78, 5) is 27.8. The average molecular weight is 518 g/mol. The van der Waals surface area contributed by atoms with Gasteiger partial charge in [0.1, 0.15) is 11.8 Å². The van der Waals surface area contributed by atoms with Gasteiger partial charge in [0.05, 0.1) is 19.1 Å². The topological polar surface area (TPSA) is 96.0 Å². The number of aryl methyl sites for hydroxylation is 2. The van der Waals surface area contributed by atoms with Crippen LogP contribution in [0.5, 0.6) is 5.75 Å². The molecule has 0 saturated heterocycles. The molecule has 2 aromatic rings. The van der Waals surface area contributed by atoms with Crippen LogP contribution in [0.4, 0.5) is 5.69 Å². The van der Waals surface area contributed by atoms with Gasteiger partial charge in [-0.15, -0.1) is 0 Å². The normalized spacial score (nSPS) is 12.1. The molecule has 1 N–H and O–H groups in total. The number of amides is 2. The molecule has 2 rings (SSSR count). The third-order valence-electron chi connectivity index (χ3n) is 6.01. The number of hydrogen-bond acceptors (Lipinski definition) is 5. The summed E-state index contributed by atoms with van der Waals surface area (Å²) < 4.78 is 31.8. The molecule has 0 radical (unpaired) electrons. The van der Waals surface area contributed by atoms with Crippen LogP contribution in [0.3, 0.4) is 0 Å². The minimum atomic E-state index is -3.54. The predicted molar refractivity (Wildman–Crippen MR) is 144 cm³/mol. The smallest absolute Gasteiger partial charge is 0.242 e. The molecule has 0 spiro atoms. The molecule has 2 aromatic carbocycles. The number of ether oxygens (including phenoxy) is 1. The van der Waals surface area contributed by atoms with Crippen molar-refractivity contribution in [2.75, 3.05) is 30.8 Å². The van der Waals surface area contributed by atoms with Crippen LogP contribution in [0.15, 0.2) is 42.5 Å². The van der Waals surface area contributed by atoms with Crippen molar-refractivity contribution < 1.29 is 22.7 Å². The van der Waals surface area contributed by atoms with Gasteiger partial charge < -0.3 is 15.0 Å². The quantitative estimate of drug-likeness (QED) is 0.436. The summed E-state index contributed by atoms with van der Waals surface area (Å²) in [5.41, 5.74) is 3.27. The largest absolute Gasteiger partial charge is 0.497 e. The van der Waals surface area contributed by atoms with E-state index < -0.39 is 16.1 Å². The highest BCUT2D eigenvalue weighted by atomic mass is 32.2. The van der Waals surface area contributed by atoms with Crippen LogP contribution in [0, 0.1) is 13.8 Å². The Balaban J connectivity index is 2.25. The molecule has 2 amide bonds. The first kappa shape index (κ1) is 29.2. The molecule has 0 aliphatic heterocycles. The van der Waals surface area contributed by atoms with Crippen molar-refractivity contribution >= 4 is 27.5 Å². The zero-order chi connectivity index (χ0) is 26.9. The van der Waals surface area contributed by atoms with Gasteiger partial charge in [-0.2, -0.15) is 0 Å². The molecule has 8 nitrogen and oxygen atoms in total. The maximum absolute atomic E-state index is 13.4. The highest BCUT2D eigenvalue weighted by molar-refractivity contribution is 7.92. The Morgan fingerprint density at radius 3 is 2.42 bits per heavy atom. The molecule has 0 unspecified atom stereocenters. The second-order valence-corrected chi connectivity index (χ2v) is 10.8. The second-order valence-electron chi connectivity index (χ2n) is 8.92. The van der Waals surface area contributed by atoms with Crippen molar-refractivity contribution in [2.45, 2.75) is 59.5 Å². The lowest BCUT2D eigenvalue weighted by Crippen LogP contribution is -2.49. The molecule has 0 heterocycles. The lowest BCUT2D eigenvalue weighted by molar-refractivity contribution is -0.141. The molecule has 36 heavy (non-hydrogen) atoms. The van der Waals surface area contributed by atoms with Gasteiger partial charge in [-0.25, -0.2) is 8.42 Å². The number of sulfonamides is 1. The monoisotopic (exact) mass is 517 g/mol. The minimum absolute atomic E-state index is 0.108. The summed E-state index contributed by atoms with van der Waals surface area (Å²) in [6.07, 6.45) is 2.06. The fourth-order valence-electron chi connectivity index (χ4n) is 4.15. The van der Waals surface area contributed by atoms with E-state index in [0.717, 1.165) is 16.7 Å². The highest BCUT2D eigenvalue weighted by Crippen LogP contribution is 2.25. The van der Waals surface area contributed by atoms with E-state index in [2.05, 4.69) is 5.32 Å². The summed E-state index contributed by atoms with van der Waals surface area (Å²) in [5.74, 6) is 0.262. The van der Waals surface area contributed by atoms with Crippen molar-refractivity contribution in [3.05, 3.63) is 59.2 Å². The lowest BCUT2D eigenvalue weighted by atomic mass is 10.1. The first-order chi connectivity index (χ1) is 17.0. The number of likely N-dealkylation sites (N-methyl/N-ethyl adjacent to an activating group) is 1. The van der Waals surface area contributed by atoms with Gasteiger partial charge in [-0.3, -0.25) is 13.9 Å². The zero-order valence-electron chi connectivity index (χ0n) is 22.2. The number of anilines is 1. The molecule has 0 aliphatic carbocycles. The molecule has 198 valence electrons. The van der Waals surface area contributed by atoms with Gasteiger partial charge in [0, 0.05) is 26.1 Å². The Labute approximate surface area is 215 Å². The first-order valence-corrected chi connectivity index (χ1v) is 14.1. The fraction of sp³-hybridized carbons (Fsp3) is 0.481. The van der Waals surface area contributed by atoms with Gasteiger partial charge in [-0.1, -0.05) is 31.2 Å². The fourth-order valence-corrected chi connectivity index (χ4v) is 5.16. The number of carbonyl (C=O) groups excluding carboxylic acids is 2. The average Bonchev–Trinajstić information content (AvgIpc) is 2.83. The van der Waals surface area contributed by atoms with Gasteiger partial charge in [-0.05, 0) is 68.5 Å². The molecule has 0 bridgehead atoms. The van der Waals surface area contributed by atoms with E-state index in [1.807, 2.05) is 70.2 Å². The van der Waals surface area contributed by atoms with Crippen LogP contribution in [0.2, 0.25) is 0 Å². The SMILES string of the molecule is CCNC(=O)[C@@H](CC)N(Cc1cccc(OC)c1)C(=O)CCCN(c1cc(C)ccc1C)S(C)(=O)=O. The summed E-state index contributed by atoms with van der Waals surface area (Å²) >= 11 is 0. The molecule has 0 aromatic heterocycles. The molecule has 9 heteroatoms. The molecular formula is C27H39N3O5S. The Morgan fingerprint density at radius 2 is 1.81 bits per heavy atom. The van der Waals surface area contributed by atoms with E-state index >= 15 is 0 Å². The third-order valence-corrected chi connectivity index (χ3v) is 7.19. The van der Waals surface area contributed by atoms with Crippen molar-refractivity contribution in [3.8, 4) is 5.75 Å². The third kappa shape index (κ3) is 7.98. The molecular weight excluding hydrogens is 478 g/mol. The van der Waals surface area contributed by atoms with Crippen LogP contribution in [0.1, 0.15) is 49.8 Å². The number of carbonyl (C=O) groups is 2. The maximum atomic E-state index is 13.4. The van der Waals surface area contributed by atoms with Crippen molar-refractivity contribution in [2.24, 2.45) is 0 Å². The zero-order valence-corrected chi connectivity index (χ0v) is 23.0. The number of nitrogens with zero attached hydrogens (tertiary/aromatic N) is 2. The number of benzene rings is 2. The number of hydrogen-bond donors (Lipinski definition) is 1.